The first-order valence-electron chi connectivity index (χ1n) is 11.5. The predicted octanol–water partition coefficient (Wildman–Crippen LogP) is 4.32. The summed E-state index contributed by atoms with van der Waals surface area (Å²) in [6, 6.07) is 2.98. The van der Waals surface area contributed by atoms with Crippen LogP contribution in [0.2, 0.25) is 10.0 Å². The maximum absolute atomic E-state index is 13.7. The lowest BCUT2D eigenvalue weighted by molar-refractivity contribution is -0.144. The zero-order chi connectivity index (χ0) is 24.9. The Balaban J connectivity index is 1.49. The molecule has 5 rings (SSSR count). The number of H-pyrrole nitrogens is 1. The fraction of sp³-hybridized carbons (Fsp3) is 0.458. The van der Waals surface area contributed by atoms with Crippen molar-refractivity contribution >= 4 is 46.1 Å². The Bertz CT molecular complexity index is 1280. The molecule has 0 spiro atoms. The smallest absolute Gasteiger partial charge is 0.411 e. The van der Waals surface area contributed by atoms with Crippen molar-refractivity contribution in [3.8, 4) is 11.1 Å². The zero-order valence-electron chi connectivity index (χ0n) is 19.8. The van der Waals surface area contributed by atoms with Crippen molar-refractivity contribution in [1.82, 2.24) is 24.6 Å². The molecule has 35 heavy (non-hydrogen) atoms. The molecule has 186 valence electrons. The van der Waals surface area contributed by atoms with Crippen LogP contribution in [0.5, 0.6) is 0 Å². The van der Waals surface area contributed by atoms with E-state index < -0.39 is 17.7 Å². The number of nitrogens with zero attached hydrogens (tertiary/aromatic N) is 4. The molecule has 2 aliphatic heterocycles. The number of carbonyl (C=O) groups excluding carboxylic acids is 2. The van der Waals surface area contributed by atoms with Crippen LogP contribution < -0.4 is 0 Å². The molecule has 1 unspecified atom stereocenters. The molecule has 0 saturated carbocycles. The van der Waals surface area contributed by atoms with E-state index in [-0.39, 0.29) is 12.5 Å². The molecule has 1 fully saturated rings. The summed E-state index contributed by atoms with van der Waals surface area (Å²) >= 11 is 13.0. The van der Waals surface area contributed by atoms with Gasteiger partial charge in [0.1, 0.15) is 11.6 Å². The standard InChI is InChI=1S/C24H27Cl2N5O4/c1-24(2,3)35-23(33)31-8-9-34-13-18(31)22(32)29-6-7-30-17(12-29)19(14-10-27-28-11-14)15-4-5-16(25)20(26)21(15)30/h4-5,10-11,18H,6-9,12-13H2,1-3H3,(H,27,28). The summed E-state index contributed by atoms with van der Waals surface area (Å²) < 4.78 is 13.3. The normalized spacial score (nSPS) is 18.6. The minimum absolute atomic E-state index is 0.133. The average Bonchev–Trinajstić information content (AvgIpc) is 3.45. The van der Waals surface area contributed by atoms with E-state index in [1.54, 1.807) is 37.9 Å². The van der Waals surface area contributed by atoms with Crippen LogP contribution in [0.15, 0.2) is 24.5 Å². The molecule has 2 aromatic heterocycles. The second-order valence-electron chi connectivity index (χ2n) is 9.74. The first kappa shape index (κ1) is 24.0. The van der Waals surface area contributed by atoms with Crippen LogP contribution in [0.4, 0.5) is 4.79 Å². The lowest BCUT2D eigenvalue weighted by Crippen LogP contribution is -2.58. The molecule has 4 heterocycles. The van der Waals surface area contributed by atoms with E-state index in [2.05, 4.69) is 14.8 Å². The third kappa shape index (κ3) is 4.37. The first-order valence-corrected chi connectivity index (χ1v) is 12.3. The number of aromatic nitrogens is 3. The van der Waals surface area contributed by atoms with Crippen LogP contribution in [0.3, 0.4) is 0 Å². The maximum atomic E-state index is 13.7. The number of hydrogen-bond acceptors (Lipinski definition) is 5. The van der Waals surface area contributed by atoms with Crippen molar-refractivity contribution in [3.63, 3.8) is 0 Å². The summed E-state index contributed by atoms with van der Waals surface area (Å²) in [5, 5.41) is 8.88. The number of fused-ring (bicyclic) bond motifs is 3. The van der Waals surface area contributed by atoms with Crippen LogP contribution in [0.25, 0.3) is 22.0 Å². The van der Waals surface area contributed by atoms with Crippen LogP contribution >= 0.6 is 23.2 Å². The van der Waals surface area contributed by atoms with Crippen LogP contribution in [0, 0.1) is 0 Å². The molecule has 1 saturated heterocycles. The van der Waals surface area contributed by atoms with Gasteiger partial charge in [0.15, 0.2) is 0 Å². The Hall–Kier alpha value is -2.75. The van der Waals surface area contributed by atoms with E-state index in [4.69, 9.17) is 32.7 Å². The zero-order valence-corrected chi connectivity index (χ0v) is 21.3. The summed E-state index contributed by atoms with van der Waals surface area (Å²) in [5.74, 6) is -0.172. The Morgan fingerprint density at radius 3 is 2.71 bits per heavy atom. The van der Waals surface area contributed by atoms with Crippen molar-refractivity contribution < 1.29 is 19.1 Å². The highest BCUT2D eigenvalue weighted by Crippen LogP contribution is 2.42. The number of halogens is 2. The van der Waals surface area contributed by atoms with Gasteiger partial charge in [0.05, 0.1) is 41.5 Å². The number of nitrogens with one attached hydrogen (secondary N) is 1. The number of morpholine rings is 1. The molecule has 0 aliphatic carbocycles. The summed E-state index contributed by atoms with van der Waals surface area (Å²) in [6.07, 6.45) is 3.06. The highest BCUT2D eigenvalue weighted by molar-refractivity contribution is 6.45. The fourth-order valence-corrected chi connectivity index (χ4v) is 5.20. The number of benzene rings is 1. The molecule has 1 atom stereocenters. The quantitative estimate of drug-likeness (QED) is 0.544. The molecular weight excluding hydrogens is 493 g/mol. The van der Waals surface area contributed by atoms with Gasteiger partial charge in [0, 0.05) is 48.0 Å². The van der Waals surface area contributed by atoms with Gasteiger partial charge in [-0.25, -0.2) is 4.79 Å². The minimum Gasteiger partial charge on any atom is -0.444 e. The molecule has 9 nitrogen and oxygen atoms in total. The Labute approximate surface area is 212 Å². The summed E-state index contributed by atoms with van der Waals surface area (Å²) in [5.41, 5.74) is 2.97. The molecule has 0 radical (unpaired) electrons. The average molecular weight is 520 g/mol. The van der Waals surface area contributed by atoms with Crippen LogP contribution in [-0.4, -0.2) is 74.5 Å². The first-order chi connectivity index (χ1) is 16.7. The summed E-state index contributed by atoms with van der Waals surface area (Å²) in [7, 11) is 0. The molecule has 0 bridgehead atoms. The largest absolute Gasteiger partial charge is 0.444 e. The van der Waals surface area contributed by atoms with Gasteiger partial charge in [-0.3, -0.25) is 14.8 Å². The molecule has 1 aromatic carbocycles. The molecular formula is C24H27Cl2N5O4. The summed E-state index contributed by atoms with van der Waals surface area (Å²) in [4.78, 5) is 29.8. The van der Waals surface area contributed by atoms with Gasteiger partial charge in [0.2, 0.25) is 5.91 Å². The number of carbonyl (C=O) groups is 2. The highest BCUT2D eigenvalue weighted by Gasteiger charge is 2.39. The topological polar surface area (TPSA) is 92.7 Å². The van der Waals surface area contributed by atoms with Crippen molar-refractivity contribution in [2.45, 2.75) is 45.5 Å². The van der Waals surface area contributed by atoms with Crippen molar-refractivity contribution in [1.29, 1.82) is 0 Å². The van der Waals surface area contributed by atoms with E-state index in [9.17, 15) is 9.59 Å². The molecule has 2 aliphatic rings. The molecule has 11 heteroatoms. The van der Waals surface area contributed by atoms with E-state index >= 15 is 0 Å². The number of hydrogen-bond donors (Lipinski definition) is 1. The van der Waals surface area contributed by atoms with Gasteiger partial charge < -0.3 is 18.9 Å². The Kier molecular flexibility index (Phi) is 6.19. The van der Waals surface area contributed by atoms with Crippen molar-refractivity contribution in [2.75, 3.05) is 26.3 Å². The highest BCUT2D eigenvalue weighted by atomic mass is 35.5. The molecule has 1 N–H and O–H groups in total. The Morgan fingerprint density at radius 1 is 1.20 bits per heavy atom. The molecule has 3 aromatic rings. The van der Waals surface area contributed by atoms with Crippen molar-refractivity contribution in [3.05, 3.63) is 40.3 Å². The SMILES string of the molecule is CC(C)(C)OC(=O)N1CCOCC1C(=O)N1CCn2c(c(-c3cn[nH]c3)c3ccc(Cl)c(Cl)c32)C1. The lowest BCUT2D eigenvalue weighted by Gasteiger charge is -2.39. The monoisotopic (exact) mass is 519 g/mol. The van der Waals surface area contributed by atoms with Crippen LogP contribution in [-0.2, 0) is 27.4 Å². The van der Waals surface area contributed by atoms with Gasteiger partial charge in [-0.2, -0.15) is 5.10 Å². The van der Waals surface area contributed by atoms with Crippen molar-refractivity contribution in [2.24, 2.45) is 0 Å². The third-order valence-corrected chi connectivity index (χ3v) is 7.09. The van der Waals surface area contributed by atoms with Gasteiger partial charge >= 0.3 is 6.09 Å². The fourth-order valence-electron chi connectivity index (χ4n) is 4.78. The number of ether oxygens (including phenoxy) is 2. The predicted molar refractivity (Wildman–Crippen MR) is 133 cm³/mol. The van der Waals surface area contributed by atoms with E-state index in [1.807, 2.05) is 12.3 Å². The van der Waals surface area contributed by atoms with Gasteiger partial charge in [0.25, 0.3) is 0 Å². The number of aromatic amines is 1. The van der Waals surface area contributed by atoms with E-state index in [0.717, 1.165) is 27.7 Å². The van der Waals surface area contributed by atoms with Gasteiger partial charge in [-0.15, -0.1) is 0 Å². The third-order valence-electron chi connectivity index (χ3n) is 6.30. The van der Waals surface area contributed by atoms with E-state index in [1.165, 1.54) is 4.90 Å². The van der Waals surface area contributed by atoms with Gasteiger partial charge in [-0.05, 0) is 26.8 Å². The van der Waals surface area contributed by atoms with Crippen LogP contribution in [0.1, 0.15) is 26.5 Å². The Morgan fingerprint density at radius 2 is 2.00 bits per heavy atom. The molecule has 2 amide bonds. The number of amides is 2. The lowest BCUT2D eigenvalue weighted by atomic mass is 10.0. The number of rotatable bonds is 2. The van der Waals surface area contributed by atoms with E-state index in [0.29, 0.717) is 42.8 Å². The second kappa shape index (κ2) is 9.04. The maximum Gasteiger partial charge on any atom is 0.411 e. The van der Waals surface area contributed by atoms with Gasteiger partial charge in [-0.1, -0.05) is 29.3 Å². The minimum atomic E-state index is -0.745. The second-order valence-corrected chi connectivity index (χ2v) is 10.5. The summed E-state index contributed by atoms with van der Waals surface area (Å²) in [6.45, 7) is 7.56.